The van der Waals surface area contributed by atoms with Crippen LogP contribution in [0.15, 0.2) is 53.4 Å². The lowest BCUT2D eigenvalue weighted by Crippen LogP contribution is -2.19. The molecule has 2 aliphatic rings. The van der Waals surface area contributed by atoms with E-state index in [9.17, 15) is 8.42 Å². The molecule has 4 nitrogen and oxygen atoms in total. The van der Waals surface area contributed by atoms with Crippen molar-refractivity contribution in [1.29, 1.82) is 0 Å². The lowest BCUT2D eigenvalue weighted by molar-refractivity contribution is 0.601. The highest BCUT2D eigenvalue weighted by atomic mass is 32.2. The predicted molar refractivity (Wildman–Crippen MR) is 100 cm³/mol. The first kappa shape index (κ1) is 16.6. The number of anilines is 1. The first-order valence-corrected chi connectivity index (χ1v) is 10.3. The van der Waals surface area contributed by atoms with Gasteiger partial charge >= 0.3 is 0 Å². The Labute approximate surface area is 149 Å². The molecule has 0 bridgehead atoms. The van der Waals surface area contributed by atoms with Gasteiger partial charge in [-0.2, -0.15) is 0 Å². The Morgan fingerprint density at radius 3 is 2.28 bits per heavy atom. The molecular weight excluding hydrogens is 332 g/mol. The zero-order valence-electron chi connectivity index (χ0n) is 14.6. The second kappa shape index (κ2) is 5.85. The summed E-state index contributed by atoms with van der Waals surface area (Å²) in [5.74, 6) is 1.13. The number of hydrogen-bond donors (Lipinski definition) is 2. The van der Waals surface area contributed by atoms with Crippen molar-refractivity contribution in [2.45, 2.75) is 36.5 Å². The molecular formula is C20H24N2O2S. The SMILES string of the molecule is CC(C)c1ccc(S(=O)(=O)Nc2ccc([C@@]34CNC[C@@H]3C4)cc2)cc1. The third-order valence-electron chi connectivity index (χ3n) is 5.63. The Morgan fingerprint density at radius 1 is 1.08 bits per heavy atom. The third kappa shape index (κ3) is 2.96. The number of hydrogen-bond acceptors (Lipinski definition) is 3. The summed E-state index contributed by atoms with van der Waals surface area (Å²) in [4.78, 5) is 0.293. The van der Waals surface area contributed by atoms with Crippen LogP contribution in [0.5, 0.6) is 0 Å². The van der Waals surface area contributed by atoms with E-state index in [2.05, 4.69) is 36.0 Å². The molecule has 1 aliphatic carbocycles. The van der Waals surface area contributed by atoms with Crippen molar-refractivity contribution >= 4 is 15.7 Å². The van der Waals surface area contributed by atoms with Gasteiger partial charge in [0.05, 0.1) is 4.90 Å². The van der Waals surface area contributed by atoms with Gasteiger partial charge in [-0.05, 0) is 60.2 Å². The highest BCUT2D eigenvalue weighted by Crippen LogP contribution is 2.56. The Bertz CT molecular complexity index is 873. The molecule has 2 aromatic rings. The van der Waals surface area contributed by atoms with Gasteiger partial charge in [0, 0.05) is 17.6 Å². The molecule has 0 spiro atoms. The third-order valence-corrected chi connectivity index (χ3v) is 7.03. The lowest BCUT2D eigenvalue weighted by Gasteiger charge is -2.14. The smallest absolute Gasteiger partial charge is 0.261 e. The summed E-state index contributed by atoms with van der Waals surface area (Å²) in [5.41, 5.74) is 3.35. The first-order chi connectivity index (χ1) is 11.9. The maximum Gasteiger partial charge on any atom is 0.261 e. The summed E-state index contributed by atoms with van der Waals surface area (Å²) in [6.45, 7) is 6.31. The molecule has 0 unspecified atom stereocenters. The number of rotatable bonds is 5. The molecule has 0 amide bonds. The number of piperidine rings is 1. The monoisotopic (exact) mass is 356 g/mol. The maximum absolute atomic E-state index is 12.6. The summed E-state index contributed by atoms with van der Waals surface area (Å²) in [7, 11) is -3.55. The van der Waals surface area contributed by atoms with Crippen molar-refractivity contribution < 1.29 is 8.42 Å². The number of fused-ring (bicyclic) bond motifs is 1. The molecule has 132 valence electrons. The Kier molecular flexibility index (Phi) is 3.89. The molecule has 2 atom stereocenters. The van der Waals surface area contributed by atoms with Gasteiger partial charge in [-0.3, -0.25) is 4.72 Å². The molecule has 2 N–H and O–H groups in total. The van der Waals surface area contributed by atoms with Gasteiger partial charge in [0.15, 0.2) is 0 Å². The van der Waals surface area contributed by atoms with Crippen LogP contribution in [0.3, 0.4) is 0 Å². The summed E-state index contributed by atoms with van der Waals surface area (Å²) in [6, 6.07) is 15.0. The zero-order valence-corrected chi connectivity index (χ0v) is 15.4. The summed E-state index contributed by atoms with van der Waals surface area (Å²) < 4.78 is 27.8. The summed E-state index contributed by atoms with van der Waals surface area (Å²) in [6.07, 6.45) is 1.24. The van der Waals surface area contributed by atoms with Crippen molar-refractivity contribution in [2.24, 2.45) is 5.92 Å². The van der Waals surface area contributed by atoms with Gasteiger partial charge in [0.25, 0.3) is 10.0 Å². The van der Waals surface area contributed by atoms with Crippen LogP contribution in [0, 0.1) is 5.92 Å². The minimum Gasteiger partial charge on any atom is -0.316 e. The first-order valence-electron chi connectivity index (χ1n) is 8.85. The zero-order chi connectivity index (χ0) is 17.7. The van der Waals surface area contributed by atoms with E-state index in [1.807, 2.05) is 24.3 Å². The number of nitrogens with one attached hydrogen (secondary N) is 2. The minimum absolute atomic E-state index is 0.293. The van der Waals surface area contributed by atoms with Crippen LogP contribution in [-0.2, 0) is 15.4 Å². The van der Waals surface area contributed by atoms with Crippen molar-refractivity contribution in [3.63, 3.8) is 0 Å². The average Bonchev–Trinajstić information content (AvgIpc) is 3.16. The van der Waals surface area contributed by atoms with E-state index >= 15 is 0 Å². The maximum atomic E-state index is 12.6. The van der Waals surface area contributed by atoms with E-state index < -0.39 is 10.0 Å². The molecule has 1 saturated carbocycles. The molecule has 2 aromatic carbocycles. The van der Waals surface area contributed by atoms with E-state index in [0.717, 1.165) is 24.6 Å². The van der Waals surface area contributed by atoms with Crippen LogP contribution >= 0.6 is 0 Å². The van der Waals surface area contributed by atoms with E-state index in [4.69, 9.17) is 0 Å². The standard InChI is InChI=1S/C20H24N2O2S/c1-14(2)15-3-9-19(10-4-15)25(23,24)22-18-7-5-16(6-8-18)20-11-17(20)12-21-13-20/h3-10,14,17,21-22H,11-13H2,1-2H3/t17-,20+/m0/s1. The molecule has 1 aliphatic heterocycles. The number of sulfonamides is 1. The normalized spacial score (nSPS) is 25.0. The van der Waals surface area contributed by atoms with Crippen LogP contribution in [0.1, 0.15) is 37.3 Å². The summed E-state index contributed by atoms with van der Waals surface area (Å²) >= 11 is 0. The van der Waals surface area contributed by atoms with E-state index in [1.165, 1.54) is 12.0 Å². The van der Waals surface area contributed by atoms with E-state index in [1.54, 1.807) is 12.1 Å². The fraction of sp³-hybridized carbons (Fsp3) is 0.400. The molecule has 25 heavy (non-hydrogen) atoms. The number of benzene rings is 2. The second-order valence-corrected chi connectivity index (χ2v) is 9.28. The van der Waals surface area contributed by atoms with Crippen LogP contribution in [-0.4, -0.2) is 21.5 Å². The van der Waals surface area contributed by atoms with E-state index in [0.29, 0.717) is 21.9 Å². The van der Waals surface area contributed by atoms with Crippen LogP contribution < -0.4 is 10.0 Å². The van der Waals surface area contributed by atoms with Crippen LogP contribution in [0.25, 0.3) is 0 Å². The van der Waals surface area contributed by atoms with Crippen molar-refractivity contribution in [1.82, 2.24) is 5.32 Å². The Morgan fingerprint density at radius 2 is 1.76 bits per heavy atom. The topological polar surface area (TPSA) is 58.2 Å². The minimum atomic E-state index is -3.55. The Balaban J connectivity index is 1.51. The van der Waals surface area contributed by atoms with Gasteiger partial charge in [-0.15, -0.1) is 0 Å². The highest BCUT2D eigenvalue weighted by Gasteiger charge is 2.57. The van der Waals surface area contributed by atoms with Crippen molar-refractivity contribution in [3.05, 3.63) is 59.7 Å². The van der Waals surface area contributed by atoms with E-state index in [-0.39, 0.29) is 0 Å². The predicted octanol–water partition coefficient (Wildman–Crippen LogP) is 3.47. The van der Waals surface area contributed by atoms with Crippen molar-refractivity contribution in [2.75, 3.05) is 17.8 Å². The Hall–Kier alpha value is -1.85. The molecule has 0 aromatic heterocycles. The molecule has 1 saturated heterocycles. The van der Waals surface area contributed by atoms with Gasteiger partial charge in [0.2, 0.25) is 0 Å². The fourth-order valence-corrected chi connectivity index (χ4v) is 4.96. The molecule has 0 radical (unpaired) electrons. The van der Waals surface area contributed by atoms with Crippen LogP contribution in [0.2, 0.25) is 0 Å². The largest absolute Gasteiger partial charge is 0.316 e. The van der Waals surface area contributed by atoms with Gasteiger partial charge < -0.3 is 5.32 Å². The second-order valence-electron chi connectivity index (χ2n) is 7.59. The molecule has 4 rings (SSSR count). The highest BCUT2D eigenvalue weighted by molar-refractivity contribution is 7.92. The summed E-state index contributed by atoms with van der Waals surface area (Å²) in [5, 5.41) is 3.44. The van der Waals surface area contributed by atoms with Gasteiger partial charge in [0.1, 0.15) is 0 Å². The fourth-order valence-electron chi connectivity index (χ4n) is 3.91. The van der Waals surface area contributed by atoms with Crippen LogP contribution in [0.4, 0.5) is 5.69 Å². The molecule has 5 heteroatoms. The van der Waals surface area contributed by atoms with Gasteiger partial charge in [-0.1, -0.05) is 38.1 Å². The van der Waals surface area contributed by atoms with Gasteiger partial charge in [-0.25, -0.2) is 8.42 Å². The lowest BCUT2D eigenvalue weighted by atomic mass is 9.95. The quantitative estimate of drug-likeness (QED) is 0.862. The van der Waals surface area contributed by atoms with Crippen molar-refractivity contribution in [3.8, 4) is 0 Å². The molecule has 2 fully saturated rings. The molecule has 1 heterocycles. The average molecular weight is 356 g/mol.